The van der Waals surface area contributed by atoms with Crippen molar-refractivity contribution < 1.29 is 23.8 Å². The minimum atomic E-state index is -0.797. The first-order valence-corrected chi connectivity index (χ1v) is 13.6. The van der Waals surface area contributed by atoms with E-state index in [4.69, 9.17) is 14.2 Å². The van der Waals surface area contributed by atoms with Gasteiger partial charge in [0.25, 0.3) is 0 Å². The summed E-state index contributed by atoms with van der Waals surface area (Å²) in [5.74, 6) is -1.39. The topological polar surface area (TPSA) is 77.1 Å². The van der Waals surface area contributed by atoms with Crippen LogP contribution in [-0.4, -0.2) is 61.9 Å². The first-order valence-electron chi connectivity index (χ1n) is 13.6. The summed E-state index contributed by atoms with van der Waals surface area (Å²) in [6, 6.07) is 20.1. The van der Waals surface area contributed by atoms with Gasteiger partial charge in [0.1, 0.15) is 0 Å². The van der Waals surface area contributed by atoms with Crippen molar-refractivity contribution in [3.05, 3.63) is 71.8 Å². The first-order chi connectivity index (χ1) is 18.2. The minimum Gasteiger partial charge on any atom is -0.459 e. The highest BCUT2D eigenvalue weighted by molar-refractivity contribution is 6.32. The van der Waals surface area contributed by atoms with Crippen LogP contribution in [0.4, 0.5) is 0 Å². The maximum Gasteiger partial charge on any atom is 0.397 e. The molecule has 0 spiro atoms. The lowest BCUT2D eigenvalue weighted by Crippen LogP contribution is -2.43. The Morgan fingerprint density at radius 1 is 0.865 bits per heavy atom. The van der Waals surface area contributed by atoms with E-state index in [9.17, 15) is 9.59 Å². The van der Waals surface area contributed by atoms with E-state index in [1.54, 1.807) is 6.92 Å². The highest BCUT2D eigenvalue weighted by Crippen LogP contribution is 2.16. The van der Waals surface area contributed by atoms with Gasteiger partial charge >= 0.3 is 11.9 Å². The molecule has 2 unspecified atom stereocenters. The van der Waals surface area contributed by atoms with Crippen LogP contribution in [0, 0.1) is 0 Å². The fourth-order valence-corrected chi connectivity index (χ4v) is 4.48. The zero-order valence-corrected chi connectivity index (χ0v) is 22.1. The number of rotatable bonds is 9. The van der Waals surface area contributed by atoms with Gasteiger partial charge in [-0.2, -0.15) is 0 Å². The Labute approximate surface area is 221 Å². The number of hydrogen-bond acceptors (Lipinski definition) is 6. The second-order valence-electron chi connectivity index (χ2n) is 9.49. The van der Waals surface area contributed by atoms with Crippen molar-refractivity contribution in [2.75, 3.05) is 32.9 Å². The molecule has 2 aliphatic rings. The summed E-state index contributed by atoms with van der Waals surface area (Å²) >= 11 is 0. The van der Waals surface area contributed by atoms with Crippen molar-refractivity contribution in [2.24, 2.45) is 0 Å². The number of ether oxygens (including phenoxy) is 3. The van der Waals surface area contributed by atoms with Crippen LogP contribution in [0.15, 0.2) is 60.7 Å². The summed E-state index contributed by atoms with van der Waals surface area (Å²) < 4.78 is 16.2. The van der Waals surface area contributed by atoms with Crippen LogP contribution in [0.3, 0.4) is 0 Å². The molecule has 2 aliphatic heterocycles. The second kappa shape index (κ2) is 16.9. The van der Waals surface area contributed by atoms with Crippen LogP contribution in [0.2, 0.25) is 0 Å². The van der Waals surface area contributed by atoms with Crippen LogP contribution in [0.1, 0.15) is 56.6 Å². The van der Waals surface area contributed by atoms with Gasteiger partial charge in [-0.25, -0.2) is 4.79 Å². The van der Waals surface area contributed by atoms with E-state index in [2.05, 4.69) is 29.6 Å². The number of esters is 1. The predicted octanol–water partition coefficient (Wildman–Crippen LogP) is 4.49. The van der Waals surface area contributed by atoms with E-state index in [0.717, 1.165) is 51.1 Å². The van der Waals surface area contributed by atoms with Gasteiger partial charge in [-0.15, -0.1) is 0 Å². The average molecular weight is 511 g/mol. The maximum atomic E-state index is 12.3. The van der Waals surface area contributed by atoms with Crippen molar-refractivity contribution in [3.63, 3.8) is 0 Å². The molecule has 2 saturated heterocycles. The molecule has 1 amide bonds. The first kappa shape index (κ1) is 28.8. The van der Waals surface area contributed by atoms with E-state index in [1.807, 2.05) is 36.4 Å². The van der Waals surface area contributed by atoms with E-state index < -0.39 is 11.9 Å². The van der Waals surface area contributed by atoms with Crippen LogP contribution in [-0.2, 0) is 36.9 Å². The number of nitrogens with zero attached hydrogens (tertiary/aromatic N) is 1. The SMILES string of the molecule is CCOC(=O)C(=O)N(Cc1ccccc1)CC1CCCCO1.c1ccc(CNCC2CCCCO2)cc1. The number of benzene rings is 2. The van der Waals surface area contributed by atoms with E-state index in [-0.39, 0.29) is 12.7 Å². The van der Waals surface area contributed by atoms with Gasteiger partial charge in [0, 0.05) is 39.4 Å². The van der Waals surface area contributed by atoms with E-state index in [1.165, 1.54) is 29.7 Å². The molecule has 7 heteroatoms. The molecule has 202 valence electrons. The molecule has 1 N–H and O–H groups in total. The number of amides is 1. The van der Waals surface area contributed by atoms with Crippen molar-refractivity contribution >= 4 is 11.9 Å². The van der Waals surface area contributed by atoms with E-state index >= 15 is 0 Å². The lowest BCUT2D eigenvalue weighted by molar-refractivity contribution is -0.161. The fourth-order valence-electron chi connectivity index (χ4n) is 4.48. The summed E-state index contributed by atoms with van der Waals surface area (Å²) in [6.07, 6.45) is 7.26. The minimum absolute atomic E-state index is 0.00385. The summed E-state index contributed by atoms with van der Waals surface area (Å²) in [4.78, 5) is 25.6. The molecule has 0 aromatic heterocycles. The van der Waals surface area contributed by atoms with Crippen molar-refractivity contribution in [1.82, 2.24) is 10.2 Å². The highest BCUT2D eigenvalue weighted by atomic mass is 16.5. The molecule has 2 aromatic rings. The third kappa shape index (κ3) is 11.0. The molecule has 0 radical (unpaired) electrons. The van der Waals surface area contributed by atoms with Gasteiger partial charge in [-0.05, 0) is 56.6 Å². The number of carbonyl (C=O) groups excluding carboxylic acids is 2. The lowest BCUT2D eigenvalue weighted by Gasteiger charge is -2.29. The van der Waals surface area contributed by atoms with Gasteiger partial charge in [-0.1, -0.05) is 60.7 Å². The fraction of sp³-hybridized carbons (Fsp3) is 0.533. The summed E-state index contributed by atoms with van der Waals surface area (Å²) in [5.41, 5.74) is 2.32. The molecule has 37 heavy (non-hydrogen) atoms. The van der Waals surface area contributed by atoms with Gasteiger partial charge in [0.2, 0.25) is 0 Å². The Kier molecular flexibility index (Phi) is 13.2. The summed E-state index contributed by atoms with van der Waals surface area (Å²) in [7, 11) is 0. The van der Waals surface area contributed by atoms with E-state index in [0.29, 0.717) is 19.2 Å². The van der Waals surface area contributed by atoms with Crippen LogP contribution in [0.5, 0.6) is 0 Å². The van der Waals surface area contributed by atoms with Gasteiger partial charge < -0.3 is 24.4 Å². The molecule has 4 rings (SSSR count). The Morgan fingerprint density at radius 3 is 2.03 bits per heavy atom. The quantitative estimate of drug-likeness (QED) is 0.396. The number of carbonyl (C=O) groups is 2. The Balaban J connectivity index is 0.000000220. The third-order valence-electron chi connectivity index (χ3n) is 6.47. The number of nitrogens with one attached hydrogen (secondary N) is 1. The van der Waals surface area contributed by atoms with Gasteiger partial charge in [0.05, 0.1) is 18.8 Å². The zero-order chi connectivity index (χ0) is 26.1. The Morgan fingerprint density at radius 2 is 1.46 bits per heavy atom. The molecular formula is C30H42N2O5. The third-order valence-corrected chi connectivity index (χ3v) is 6.47. The molecule has 2 fully saturated rings. The normalized spacial score (nSPS) is 19.3. The van der Waals surface area contributed by atoms with Gasteiger partial charge in [0.15, 0.2) is 0 Å². The van der Waals surface area contributed by atoms with Crippen molar-refractivity contribution in [2.45, 2.75) is 70.7 Å². The molecule has 7 nitrogen and oxygen atoms in total. The smallest absolute Gasteiger partial charge is 0.397 e. The molecular weight excluding hydrogens is 468 g/mol. The molecule has 0 saturated carbocycles. The summed E-state index contributed by atoms with van der Waals surface area (Å²) in [5, 5.41) is 3.45. The maximum absolute atomic E-state index is 12.3. The van der Waals surface area contributed by atoms with Gasteiger partial charge in [-0.3, -0.25) is 4.79 Å². The average Bonchev–Trinajstić information content (AvgIpc) is 2.95. The van der Waals surface area contributed by atoms with Crippen LogP contribution in [0.25, 0.3) is 0 Å². The molecule has 2 atom stereocenters. The van der Waals surface area contributed by atoms with Crippen LogP contribution < -0.4 is 5.32 Å². The predicted molar refractivity (Wildman–Crippen MR) is 144 cm³/mol. The Hall–Kier alpha value is -2.74. The number of hydrogen-bond donors (Lipinski definition) is 1. The molecule has 2 heterocycles. The standard InChI is InChI=1S/C17H23NO4.C13H19NO/c1-2-21-17(20)16(19)18(12-14-8-4-3-5-9-14)13-15-10-6-7-11-22-15;1-2-6-12(7-3-1)10-14-11-13-8-4-5-9-15-13/h3-5,8-9,15H,2,6-7,10-13H2,1H3;1-3,6-7,13-14H,4-5,8-11H2. The highest BCUT2D eigenvalue weighted by Gasteiger charge is 2.27. The monoisotopic (exact) mass is 510 g/mol. The second-order valence-corrected chi connectivity index (χ2v) is 9.49. The Bertz CT molecular complexity index is 897. The molecule has 0 bridgehead atoms. The lowest BCUT2D eigenvalue weighted by atomic mass is 10.1. The molecule has 2 aromatic carbocycles. The largest absolute Gasteiger partial charge is 0.459 e. The molecule has 0 aliphatic carbocycles. The summed E-state index contributed by atoms with van der Waals surface area (Å²) in [6.45, 7) is 6.29. The van der Waals surface area contributed by atoms with Crippen LogP contribution >= 0.6 is 0 Å². The van der Waals surface area contributed by atoms with Crippen molar-refractivity contribution in [1.29, 1.82) is 0 Å². The van der Waals surface area contributed by atoms with Crippen molar-refractivity contribution in [3.8, 4) is 0 Å². The zero-order valence-electron chi connectivity index (χ0n) is 22.1.